The van der Waals surface area contributed by atoms with E-state index in [1.807, 2.05) is 25.1 Å². The van der Waals surface area contributed by atoms with Gasteiger partial charge in [-0.05, 0) is 40.5 Å². The highest BCUT2D eigenvalue weighted by molar-refractivity contribution is 9.10. The first-order valence-electron chi connectivity index (χ1n) is 4.47. The molecule has 0 N–H and O–H groups in total. The molecule has 1 aromatic carbocycles. The largest absolute Gasteiger partial charge is 0.298 e. The number of benzene rings is 1. The molecular formula is C11H9BrN2O. The molecule has 0 fully saturated rings. The van der Waals surface area contributed by atoms with Gasteiger partial charge in [0.2, 0.25) is 0 Å². The Bertz CT molecular complexity index is 505. The average Bonchev–Trinajstić information content (AvgIpc) is 2.66. The molecule has 0 aliphatic rings. The quantitative estimate of drug-likeness (QED) is 0.782. The minimum absolute atomic E-state index is 0.572. The highest BCUT2D eigenvalue weighted by Gasteiger charge is 2.04. The molecule has 1 heterocycles. The van der Waals surface area contributed by atoms with Crippen LogP contribution in [0.1, 0.15) is 15.9 Å². The third-order valence-corrected chi connectivity index (χ3v) is 2.72. The Kier molecular flexibility index (Phi) is 2.68. The lowest BCUT2D eigenvalue weighted by molar-refractivity contribution is 0.112. The fourth-order valence-electron chi connectivity index (χ4n) is 1.33. The molecule has 76 valence electrons. The molecule has 0 saturated heterocycles. The van der Waals surface area contributed by atoms with Crippen molar-refractivity contribution in [1.29, 1.82) is 0 Å². The molecule has 2 aromatic rings. The molecule has 2 rings (SSSR count). The third kappa shape index (κ3) is 1.99. The van der Waals surface area contributed by atoms with Gasteiger partial charge in [-0.25, -0.2) is 4.68 Å². The Morgan fingerprint density at radius 1 is 1.47 bits per heavy atom. The van der Waals surface area contributed by atoms with Gasteiger partial charge >= 0.3 is 0 Å². The van der Waals surface area contributed by atoms with E-state index < -0.39 is 0 Å². The zero-order valence-electron chi connectivity index (χ0n) is 8.14. The van der Waals surface area contributed by atoms with Crippen LogP contribution in [0.15, 0.2) is 35.1 Å². The minimum Gasteiger partial charge on any atom is -0.298 e. The Labute approximate surface area is 95.9 Å². The molecule has 0 unspecified atom stereocenters. The van der Waals surface area contributed by atoms with Gasteiger partial charge < -0.3 is 0 Å². The van der Waals surface area contributed by atoms with Gasteiger partial charge in [0.05, 0.1) is 17.4 Å². The van der Waals surface area contributed by atoms with Crippen molar-refractivity contribution >= 4 is 22.2 Å². The maximum Gasteiger partial charge on any atom is 0.153 e. The first kappa shape index (κ1) is 10.1. The number of aromatic nitrogens is 2. The summed E-state index contributed by atoms with van der Waals surface area (Å²) in [4.78, 5) is 10.5. The van der Waals surface area contributed by atoms with Gasteiger partial charge in [0, 0.05) is 10.7 Å². The molecule has 0 bridgehead atoms. The van der Waals surface area contributed by atoms with Crippen LogP contribution in [0.3, 0.4) is 0 Å². The van der Waals surface area contributed by atoms with E-state index in [0.29, 0.717) is 5.56 Å². The van der Waals surface area contributed by atoms with Crippen molar-refractivity contribution < 1.29 is 4.79 Å². The van der Waals surface area contributed by atoms with Crippen LogP contribution in [0.5, 0.6) is 0 Å². The van der Waals surface area contributed by atoms with E-state index in [-0.39, 0.29) is 0 Å². The Balaban J connectivity index is 2.49. The number of aryl methyl sites for hydroxylation is 1. The molecule has 0 atom stereocenters. The third-order valence-electron chi connectivity index (χ3n) is 2.09. The van der Waals surface area contributed by atoms with Crippen LogP contribution in [0, 0.1) is 6.92 Å². The Morgan fingerprint density at radius 3 is 2.87 bits per heavy atom. The summed E-state index contributed by atoms with van der Waals surface area (Å²) < 4.78 is 2.64. The lowest BCUT2D eigenvalue weighted by Gasteiger charge is -2.04. The van der Waals surface area contributed by atoms with Crippen molar-refractivity contribution in [2.45, 2.75) is 6.92 Å². The smallest absolute Gasteiger partial charge is 0.153 e. The van der Waals surface area contributed by atoms with Gasteiger partial charge in [0.15, 0.2) is 6.29 Å². The molecule has 0 spiro atoms. The number of hydrogen-bond donors (Lipinski definition) is 0. The zero-order chi connectivity index (χ0) is 10.8. The predicted molar refractivity (Wildman–Crippen MR) is 61.4 cm³/mol. The summed E-state index contributed by atoms with van der Waals surface area (Å²) in [6, 6.07) is 5.97. The van der Waals surface area contributed by atoms with Crippen LogP contribution >= 0.6 is 15.9 Å². The molecule has 0 amide bonds. The van der Waals surface area contributed by atoms with Gasteiger partial charge in [-0.15, -0.1) is 0 Å². The van der Waals surface area contributed by atoms with E-state index in [0.717, 1.165) is 16.4 Å². The number of hydrogen-bond acceptors (Lipinski definition) is 2. The van der Waals surface area contributed by atoms with E-state index in [1.165, 1.54) is 5.56 Å². The average molecular weight is 265 g/mol. The van der Waals surface area contributed by atoms with Crippen molar-refractivity contribution in [2.24, 2.45) is 0 Å². The first-order chi connectivity index (χ1) is 7.20. The second-order valence-electron chi connectivity index (χ2n) is 3.29. The minimum atomic E-state index is 0.572. The number of rotatable bonds is 2. The maximum atomic E-state index is 10.5. The molecule has 1 aromatic heterocycles. The van der Waals surface area contributed by atoms with E-state index in [4.69, 9.17) is 0 Å². The van der Waals surface area contributed by atoms with Crippen molar-refractivity contribution in [2.75, 3.05) is 0 Å². The zero-order valence-corrected chi connectivity index (χ0v) is 9.73. The fraction of sp³-hybridized carbons (Fsp3) is 0.0909. The highest BCUT2D eigenvalue weighted by Crippen LogP contribution is 2.21. The van der Waals surface area contributed by atoms with Gasteiger partial charge in [-0.2, -0.15) is 5.10 Å². The molecule has 15 heavy (non-hydrogen) atoms. The van der Waals surface area contributed by atoms with Crippen molar-refractivity contribution in [3.8, 4) is 5.69 Å². The number of carbonyl (C=O) groups excluding carboxylic acids is 1. The normalized spacial score (nSPS) is 10.3. The summed E-state index contributed by atoms with van der Waals surface area (Å²) in [7, 11) is 0. The molecule has 0 saturated carbocycles. The monoisotopic (exact) mass is 264 g/mol. The molecule has 0 radical (unpaired) electrons. The molecule has 4 heteroatoms. The molecule has 0 aliphatic carbocycles. The standard InChI is InChI=1S/C11H9BrN2O/c1-8-2-3-11(10(12)4-8)14-6-9(7-15)5-13-14/h2-7H,1H3. The number of nitrogens with zero attached hydrogens (tertiary/aromatic N) is 2. The maximum absolute atomic E-state index is 10.5. The van der Waals surface area contributed by atoms with Gasteiger partial charge in [-0.3, -0.25) is 4.79 Å². The van der Waals surface area contributed by atoms with Crippen LogP contribution < -0.4 is 0 Å². The first-order valence-corrected chi connectivity index (χ1v) is 5.26. The SMILES string of the molecule is Cc1ccc(-n2cc(C=O)cn2)c(Br)c1. The number of halogens is 1. The number of carbonyl (C=O) groups is 1. The Morgan fingerprint density at radius 2 is 2.27 bits per heavy atom. The van der Waals surface area contributed by atoms with Gasteiger partial charge in [-0.1, -0.05) is 6.07 Å². The molecular weight excluding hydrogens is 256 g/mol. The molecule has 3 nitrogen and oxygen atoms in total. The summed E-state index contributed by atoms with van der Waals surface area (Å²) in [6.45, 7) is 2.02. The van der Waals surface area contributed by atoms with Crippen LogP contribution in [0.4, 0.5) is 0 Å². The number of aldehydes is 1. The lowest BCUT2D eigenvalue weighted by atomic mass is 10.2. The summed E-state index contributed by atoms with van der Waals surface area (Å²) in [6.07, 6.45) is 4.02. The second-order valence-corrected chi connectivity index (χ2v) is 4.15. The van der Waals surface area contributed by atoms with E-state index >= 15 is 0 Å². The van der Waals surface area contributed by atoms with E-state index in [2.05, 4.69) is 21.0 Å². The van der Waals surface area contributed by atoms with Crippen molar-refractivity contribution in [1.82, 2.24) is 9.78 Å². The van der Waals surface area contributed by atoms with Gasteiger partial charge in [0.1, 0.15) is 0 Å². The second kappa shape index (κ2) is 3.98. The van der Waals surface area contributed by atoms with Crippen LogP contribution in [0.2, 0.25) is 0 Å². The summed E-state index contributed by atoms with van der Waals surface area (Å²) in [5.41, 5.74) is 2.67. The van der Waals surface area contributed by atoms with Crippen LogP contribution in [0.25, 0.3) is 5.69 Å². The predicted octanol–water partition coefficient (Wildman–Crippen LogP) is 2.76. The van der Waals surface area contributed by atoms with Crippen molar-refractivity contribution in [3.63, 3.8) is 0 Å². The summed E-state index contributed by atoms with van der Waals surface area (Å²) in [5, 5.41) is 4.10. The Hall–Kier alpha value is -1.42. The van der Waals surface area contributed by atoms with E-state index in [9.17, 15) is 4.79 Å². The van der Waals surface area contributed by atoms with Crippen LogP contribution in [-0.2, 0) is 0 Å². The fourth-order valence-corrected chi connectivity index (χ4v) is 2.00. The topological polar surface area (TPSA) is 34.9 Å². The van der Waals surface area contributed by atoms with Crippen LogP contribution in [-0.4, -0.2) is 16.1 Å². The lowest BCUT2D eigenvalue weighted by Crippen LogP contribution is -1.95. The summed E-state index contributed by atoms with van der Waals surface area (Å²) >= 11 is 3.47. The van der Waals surface area contributed by atoms with E-state index in [1.54, 1.807) is 17.1 Å². The summed E-state index contributed by atoms with van der Waals surface area (Å²) in [5.74, 6) is 0. The van der Waals surface area contributed by atoms with Gasteiger partial charge in [0.25, 0.3) is 0 Å². The van der Waals surface area contributed by atoms with Crippen molar-refractivity contribution in [3.05, 3.63) is 46.2 Å². The molecule has 0 aliphatic heterocycles. The highest BCUT2D eigenvalue weighted by atomic mass is 79.9.